The molecule has 1 atom stereocenters. The molecule has 1 fully saturated rings. The predicted octanol–water partition coefficient (Wildman–Crippen LogP) is 1.78. The van der Waals surface area contributed by atoms with Crippen molar-refractivity contribution in [3.63, 3.8) is 0 Å². The van der Waals surface area contributed by atoms with Crippen molar-refractivity contribution in [3.8, 4) is 0 Å². The number of carbonyl (C=O) groups is 2. The van der Waals surface area contributed by atoms with Crippen LogP contribution in [0.4, 0.5) is 5.69 Å². The lowest BCUT2D eigenvalue weighted by atomic mass is 9.98. The van der Waals surface area contributed by atoms with Gasteiger partial charge >= 0.3 is 5.97 Å². The Hall–Kier alpha value is -2.52. The molecule has 1 aliphatic heterocycles. The van der Waals surface area contributed by atoms with Gasteiger partial charge in [0.1, 0.15) is 0 Å². The van der Waals surface area contributed by atoms with Gasteiger partial charge < -0.3 is 10.1 Å². The number of ether oxygens (including phenoxy) is 1. The maximum atomic E-state index is 12.5. The molecule has 3 rings (SSSR count). The molecule has 8 nitrogen and oxygen atoms in total. The number of anilines is 1. The Kier molecular flexibility index (Phi) is 5.95. The van der Waals surface area contributed by atoms with Crippen LogP contribution in [0.25, 0.3) is 10.9 Å². The van der Waals surface area contributed by atoms with Crippen molar-refractivity contribution in [2.45, 2.75) is 25.9 Å². The van der Waals surface area contributed by atoms with Crippen LogP contribution in [0, 0.1) is 5.92 Å². The zero-order chi connectivity index (χ0) is 20.3. The van der Waals surface area contributed by atoms with Crippen molar-refractivity contribution in [2.75, 3.05) is 24.7 Å². The molecule has 2 heterocycles. The molecule has 2 aromatic rings. The van der Waals surface area contributed by atoms with E-state index in [1.807, 2.05) is 12.1 Å². The second kappa shape index (κ2) is 8.24. The maximum absolute atomic E-state index is 12.5. The summed E-state index contributed by atoms with van der Waals surface area (Å²) in [7, 11) is -3.25. The SMILES string of the molecule is CC(OC(=O)C1CCN(S(C)(=O)=O)CC1)C(=O)Nc1cccc2ncccc12. The first kappa shape index (κ1) is 20.2. The molecule has 1 amide bonds. The van der Waals surface area contributed by atoms with E-state index in [4.69, 9.17) is 4.74 Å². The van der Waals surface area contributed by atoms with Crippen molar-refractivity contribution < 1.29 is 22.7 Å². The van der Waals surface area contributed by atoms with E-state index in [-0.39, 0.29) is 13.1 Å². The first-order valence-electron chi connectivity index (χ1n) is 9.06. The van der Waals surface area contributed by atoms with Crippen LogP contribution in [0.2, 0.25) is 0 Å². The van der Waals surface area contributed by atoms with Gasteiger partial charge in [-0.05, 0) is 44.0 Å². The number of carbonyl (C=O) groups excluding carboxylic acids is 2. The number of hydrogen-bond donors (Lipinski definition) is 1. The molecule has 0 aliphatic carbocycles. The molecule has 28 heavy (non-hydrogen) atoms. The molecule has 150 valence electrons. The van der Waals surface area contributed by atoms with Crippen LogP contribution in [0.3, 0.4) is 0 Å². The minimum absolute atomic E-state index is 0.280. The number of piperidine rings is 1. The van der Waals surface area contributed by atoms with Gasteiger partial charge in [-0.2, -0.15) is 0 Å². The summed E-state index contributed by atoms with van der Waals surface area (Å²) < 4.78 is 29.8. The number of sulfonamides is 1. The first-order valence-corrected chi connectivity index (χ1v) is 10.9. The average Bonchev–Trinajstić information content (AvgIpc) is 2.67. The number of esters is 1. The number of nitrogens with zero attached hydrogens (tertiary/aromatic N) is 2. The Morgan fingerprint density at radius 1 is 1.21 bits per heavy atom. The maximum Gasteiger partial charge on any atom is 0.309 e. The molecule has 0 saturated carbocycles. The van der Waals surface area contributed by atoms with E-state index in [0.717, 1.165) is 17.2 Å². The van der Waals surface area contributed by atoms with E-state index in [0.29, 0.717) is 18.5 Å². The van der Waals surface area contributed by atoms with Crippen molar-refractivity contribution in [2.24, 2.45) is 5.92 Å². The lowest BCUT2D eigenvalue weighted by Crippen LogP contribution is -2.41. The van der Waals surface area contributed by atoms with Gasteiger partial charge in [0.25, 0.3) is 5.91 Å². The smallest absolute Gasteiger partial charge is 0.309 e. The minimum atomic E-state index is -3.25. The summed E-state index contributed by atoms with van der Waals surface area (Å²) in [6.45, 7) is 2.08. The highest BCUT2D eigenvalue weighted by atomic mass is 32.2. The van der Waals surface area contributed by atoms with E-state index >= 15 is 0 Å². The molecular weight excluding hydrogens is 382 g/mol. The largest absolute Gasteiger partial charge is 0.452 e. The quantitative estimate of drug-likeness (QED) is 0.760. The second-order valence-corrected chi connectivity index (χ2v) is 8.86. The van der Waals surface area contributed by atoms with E-state index < -0.39 is 33.9 Å². The lowest BCUT2D eigenvalue weighted by molar-refractivity contribution is -0.158. The number of aromatic nitrogens is 1. The molecule has 1 aliphatic rings. The van der Waals surface area contributed by atoms with Gasteiger partial charge in [-0.1, -0.05) is 6.07 Å². The highest BCUT2D eigenvalue weighted by molar-refractivity contribution is 7.88. The van der Waals surface area contributed by atoms with Crippen LogP contribution in [0.5, 0.6) is 0 Å². The first-order chi connectivity index (χ1) is 13.3. The number of hydrogen-bond acceptors (Lipinski definition) is 6. The Labute approximate surface area is 163 Å². The summed E-state index contributed by atoms with van der Waals surface area (Å²) in [6, 6.07) is 9.03. The molecule has 1 aromatic heterocycles. The van der Waals surface area contributed by atoms with Crippen molar-refractivity contribution in [1.29, 1.82) is 0 Å². The van der Waals surface area contributed by atoms with Gasteiger partial charge in [-0.25, -0.2) is 12.7 Å². The summed E-state index contributed by atoms with van der Waals surface area (Å²) in [5.74, 6) is -1.32. The Morgan fingerprint density at radius 3 is 2.61 bits per heavy atom. The standard InChI is InChI=1S/C19H23N3O5S/c1-13(27-19(24)14-8-11-22(12-9-14)28(2,25)26)18(23)21-17-7-3-6-16-15(17)5-4-10-20-16/h3-7,10,13-14H,8-9,11-12H2,1-2H3,(H,21,23). The van der Waals surface area contributed by atoms with E-state index in [2.05, 4.69) is 10.3 Å². The number of nitrogens with one attached hydrogen (secondary N) is 1. The molecule has 1 unspecified atom stereocenters. The van der Waals surface area contributed by atoms with Crippen LogP contribution in [-0.4, -0.2) is 55.0 Å². The number of rotatable bonds is 5. The molecule has 0 bridgehead atoms. The minimum Gasteiger partial charge on any atom is -0.452 e. The number of pyridine rings is 1. The van der Waals surface area contributed by atoms with Crippen LogP contribution < -0.4 is 5.32 Å². The molecule has 1 aromatic carbocycles. The summed E-state index contributed by atoms with van der Waals surface area (Å²) in [4.78, 5) is 29.1. The fourth-order valence-electron chi connectivity index (χ4n) is 3.19. The van der Waals surface area contributed by atoms with Gasteiger partial charge in [0.15, 0.2) is 6.10 Å². The monoisotopic (exact) mass is 405 g/mol. The summed E-state index contributed by atoms with van der Waals surface area (Å²) in [5.41, 5.74) is 1.35. The number of fused-ring (bicyclic) bond motifs is 1. The zero-order valence-corrected chi connectivity index (χ0v) is 16.6. The Balaban J connectivity index is 1.58. The highest BCUT2D eigenvalue weighted by Gasteiger charge is 2.31. The van der Waals surface area contributed by atoms with Gasteiger partial charge in [0, 0.05) is 24.7 Å². The zero-order valence-electron chi connectivity index (χ0n) is 15.8. The summed E-state index contributed by atoms with van der Waals surface area (Å²) in [5, 5.41) is 3.57. The molecule has 0 spiro atoms. The molecule has 1 N–H and O–H groups in total. The Bertz CT molecular complexity index is 979. The second-order valence-electron chi connectivity index (χ2n) is 6.88. The Morgan fingerprint density at radius 2 is 1.93 bits per heavy atom. The van der Waals surface area contributed by atoms with Gasteiger partial charge in [-0.3, -0.25) is 14.6 Å². The van der Waals surface area contributed by atoms with E-state index in [1.165, 1.54) is 11.2 Å². The average molecular weight is 405 g/mol. The van der Waals surface area contributed by atoms with Gasteiger partial charge in [0.2, 0.25) is 10.0 Å². The normalized spacial score (nSPS) is 17.2. The van der Waals surface area contributed by atoms with Crippen molar-refractivity contribution in [3.05, 3.63) is 36.5 Å². The third-order valence-electron chi connectivity index (χ3n) is 4.82. The number of benzene rings is 1. The molecule has 0 radical (unpaired) electrons. The lowest BCUT2D eigenvalue weighted by Gasteiger charge is -2.29. The fraction of sp³-hybridized carbons (Fsp3) is 0.421. The van der Waals surface area contributed by atoms with Crippen molar-refractivity contribution >= 4 is 38.5 Å². The van der Waals surface area contributed by atoms with E-state index in [1.54, 1.807) is 24.4 Å². The van der Waals surface area contributed by atoms with Crippen LogP contribution in [0.15, 0.2) is 36.5 Å². The van der Waals surface area contributed by atoms with Crippen molar-refractivity contribution in [1.82, 2.24) is 9.29 Å². The predicted molar refractivity (Wildman–Crippen MR) is 105 cm³/mol. The number of amides is 1. The molecule has 1 saturated heterocycles. The summed E-state index contributed by atoms with van der Waals surface area (Å²) >= 11 is 0. The molecular formula is C19H23N3O5S. The molecule has 9 heteroatoms. The van der Waals surface area contributed by atoms with Crippen LogP contribution in [-0.2, 0) is 24.3 Å². The third kappa shape index (κ3) is 4.66. The van der Waals surface area contributed by atoms with Crippen LogP contribution >= 0.6 is 0 Å². The topological polar surface area (TPSA) is 106 Å². The van der Waals surface area contributed by atoms with Crippen LogP contribution in [0.1, 0.15) is 19.8 Å². The van der Waals surface area contributed by atoms with E-state index in [9.17, 15) is 18.0 Å². The highest BCUT2D eigenvalue weighted by Crippen LogP contribution is 2.23. The van der Waals surface area contributed by atoms with Gasteiger partial charge in [0.05, 0.1) is 23.4 Å². The summed E-state index contributed by atoms with van der Waals surface area (Å²) in [6.07, 6.45) is 2.63. The fourth-order valence-corrected chi connectivity index (χ4v) is 4.07. The van der Waals surface area contributed by atoms with Gasteiger partial charge in [-0.15, -0.1) is 0 Å². The third-order valence-corrected chi connectivity index (χ3v) is 6.13.